The number of rotatable bonds is 9. The Morgan fingerprint density at radius 1 is 1.19 bits per heavy atom. The van der Waals surface area contributed by atoms with Crippen LogP contribution in [0.3, 0.4) is 0 Å². The van der Waals surface area contributed by atoms with E-state index in [1.165, 1.54) is 6.26 Å². The number of benzene rings is 1. The molecule has 2 unspecified atom stereocenters. The standard InChI is InChI=1S/C18H26N2O5S/c1-13(18(10-11-18)26(2,24)25)19-17(23)20-15(8-9-16(21)22)12-14-6-4-3-5-7-14/h3-7,13,15H,8-12H2,1-2H3,(H,21,22)(H2,19,20,23). The molecule has 2 rings (SSSR count). The van der Waals surface area contributed by atoms with Crippen LogP contribution >= 0.6 is 0 Å². The van der Waals surface area contributed by atoms with Crippen LogP contribution in [-0.2, 0) is 21.1 Å². The molecule has 0 radical (unpaired) electrons. The minimum atomic E-state index is -3.25. The minimum Gasteiger partial charge on any atom is -0.481 e. The largest absolute Gasteiger partial charge is 0.481 e. The summed E-state index contributed by atoms with van der Waals surface area (Å²) in [7, 11) is -3.25. The van der Waals surface area contributed by atoms with Crippen LogP contribution in [0.1, 0.15) is 38.2 Å². The van der Waals surface area contributed by atoms with E-state index in [9.17, 15) is 18.0 Å². The van der Waals surface area contributed by atoms with Crippen molar-refractivity contribution in [2.75, 3.05) is 6.26 Å². The highest BCUT2D eigenvalue weighted by atomic mass is 32.2. The molecule has 26 heavy (non-hydrogen) atoms. The van der Waals surface area contributed by atoms with Crippen molar-refractivity contribution in [1.29, 1.82) is 0 Å². The summed E-state index contributed by atoms with van der Waals surface area (Å²) < 4.78 is 23.0. The van der Waals surface area contributed by atoms with Gasteiger partial charge in [0.05, 0.1) is 4.75 Å². The molecule has 1 fully saturated rings. The Morgan fingerprint density at radius 3 is 2.31 bits per heavy atom. The summed E-state index contributed by atoms with van der Waals surface area (Å²) in [5.41, 5.74) is 0.992. The number of carbonyl (C=O) groups excluding carboxylic acids is 1. The summed E-state index contributed by atoms with van der Waals surface area (Å²) in [6.07, 6.45) is 3.03. The summed E-state index contributed by atoms with van der Waals surface area (Å²) >= 11 is 0. The highest BCUT2D eigenvalue weighted by Crippen LogP contribution is 2.45. The van der Waals surface area contributed by atoms with Gasteiger partial charge in [-0.1, -0.05) is 30.3 Å². The molecule has 0 spiro atoms. The van der Waals surface area contributed by atoms with Crippen LogP contribution in [0.2, 0.25) is 0 Å². The third-order valence-corrected chi connectivity index (χ3v) is 7.22. The molecule has 3 N–H and O–H groups in total. The van der Waals surface area contributed by atoms with Crippen molar-refractivity contribution in [3.63, 3.8) is 0 Å². The second kappa shape index (κ2) is 8.07. The van der Waals surface area contributed by atoms with Crippen molar-refractivity contribution < 1.29 is 23.1 Å². The number of urea groups is 1. The molecule has 2 amide bonds. The number of carboxylic acid groups (broad SMARTS) is 1. The predicted molar refractivity (Wildman–Crippen MR) is 98.7 cm³/mol. The monoisotopic (exact) mass is 382 g/mol. The molecule has 0 heterocycles. The lowest BCUT2D eigenvalue weighted by molar-refractivity contribution is -0.137. The summed E-state index contributed by atoms with van der Waals surface area (Å²) in [4.78, 5) is 23.2. The van der Waals surface area contributed by atoms with Crippen LogP contribution in [0.5, 0.6) is 0 Å². The highest BCUT2D eigenvalue weighted by molar-refractivity contribution is 7.92. The number of hydrogen-bond donors (Lipinski definition) is 3. The van der Waals surface area contributed by atoms with Crippen molar-refractivity contribution in [2.45, 2.75) is 55.9 Å². The molecule has 1 aliphatic rings. The number of hydrogen-bond acceptors (Lipinski definition) is 4. The Labute approximate surface area is 154 Å². The molecule has 0 aromatic heterocycles. The first-order valence-electron chi connectivity index (χ1n) is 8.66. The molecule has 2 atom stereocenters. The van der Waals surface area contributed by atoms with E-state index < -0.39 is 32.6 Å². The molecule has 7 nitrogen and oxygen atoms in total. The minimum absolute atomic E-state index is 0.0549. The number of carbonyl (C=O) groups is 2. The number of amides is 2. The Hall–Kier alpha value is -2.09. The maximum absolute atomic E-state index is 12.3. The average Bonchev–Trinajstić information content (AvgIpc) is 3.35. The zero-order valence-corrected chi connectivity index (χ0v) is 15.9. The van der Waals surface area contributed by atoms with Crippen molar-refractivity contribution >= 4 is 21.8 Å². The molecule has 8 heteroatoms. The summed E-state index contributed by atoms with van der Waals surface area (Å²) in [6.45, 7) is 1.69. The van der Waals surface area contributed by atoms with E-state index in [4.69, 9.17) is 5.11 Å². The van der Waals surface area contributed by atoms with E-state index in [2.05, 4.69) is 10.6 Å². The van der Waals surface area contributed by atoms with E-state index in [1.54, 1.807) is 6.92 Å². The maximum Gasteiger partial charge on any atom is 0.315 e. The fraction of sp³-hybridized carbons (Fsp3) is 0.556. The van der Waals surface area contributed by atoms with Gasteiger partial charge in [0.15, 0.2) is 9.84 Å². The van der Waals surface area contributed by atoms with Gasteiger partial charge >= 0.3 is 12.0 Å². The second-order valence-electron chi connectivity index (χ2n) is 7.00. The molecule has 1 aliphatic carbocycles. The topological polar surface area (TPSA) is 113 Å². The first kappa shape index (κ1) is 20.2. The molecule has 144 valence electrons. The van der Waals surface area contributed by atoms with Crippen molar-refractivity contribution in [2.24, 2.45) is 0 Å². The van der Waals surface area contributed by atoms with E-state index in [1.807, 2.05) is 30.3 Å². The van der Waals surface area contributed by atoms with Gasteiger partial charge in [-0.3, -0.25) is 4.79 Å². The van der Waals surface area contributed by atoms with E-state index in [-0.39, 0.29) is 12.5 Å². The zero-order chi connectivity index (χ0) is 19.4. The fourth-order valence-corrected chi connectivity index (χ4v) is 4.77. The lowest BCUT2D eigenvalue weighted by Crippen LogP contribution is -2.52. The Morgan fingerprint density at radius 2 is 1.81 bits per heavy atom. The normalized spacial score (nSPS) is 17.8. The third kappa shape index (κ3) is 5.20. The summed E-state index contributed by atoms with van der Waals surface area (Å²) in [5.74, 6) is -0.923. The number of sulfone groups is 1. The van der Waals surface area contributed by atoms with Crippen LogP contribution in [-0.4, -0.2) is 48.6 Å². The Bertz CT molecular complexity index is 744. The van der Waals surface area contributed by atoms with Gasteiger partial charge in [0.2, 0.25) is 0 Å². The first-order valence-corrected chi connectivity index (χ1v) is 10.6. The van der Waals surface area contributed by atoms with Crippen LogP contribution in [0.25, 0.3) is 0 Å². The van der Waals surface area contributed by atoms with Crippen molar-refractivity contribution in [3.8, 4) is 0 Å². The van der Waals surface area contributed by atoms with Crippen molar-refractivity contribution in [3.05, 3.63) is 35.9 Å². The van der Waals surface area contributed by atoms with Crippen LogP contribution in [0.15, 0.2) is 30.3 Å². The van der Waals surface area contributed by atoms with Gasteiger partial charge in [0.25, 0.3) is 0 Å². The Balaban J connectivity index is 1.98. The molecular weight excluding hydrogens is 356 g/mol. The van der Waals surface area contributed by atoms with Gasteiger partial charge in [-0.05, 0) is 38.2 Å². The SMILES string of the molecule is CC(NC(=O)NC(CCC(=O)O)Cc1ccccc1)C1(S(C)(=O)=O)CC1. The fourth-order valence-electron chi connectivity index (χ4n) is 3.22. The molecular formula is C18H26N2O5S. The van der Waals surface area contributed by atoms with Gasteiger partial charge in [-0.2, -0.15) is 0 Å². The van der Waals surface area contributed by atoms with Crippen LogP contribution < -0.4 is 10.6 Å². The van der Waals surface area contributed by atoms with Gasteiger partial charge < -0.3 is 15.7 Å². The maximum atomic E-state index is 12.3. The smallest absolute Gasteiger partial charge is 0.315 e. The van der Waals surface area contributed by atoms with Gasteiger partial charge in [0.1, 0.15) is 0 Å². The number of carboxylic acids is 1. The highest BCUT2D eigenvalue weighted by Gasteiger charge is 2.56. The quantitative estimate of drug-likeness (QED) is 0.602. The molecule has 1 saturated carbocycles. The average molecular weight is 382 g/mol. The molecule has 0 bridgehead atoms. The van der Waals surface area contributed by atoms with Crippen LogP contribution in [0, 0.1) is 0 Å². The third-order valence-electron chi connectivity index (χ3n) is 4.98. The van der Waals surface area contributed by atoms with Gasteiger partial charge in [0, 0.05) is 24.8 Å². The van der Waals surface area contributed by atoms with Gasteiger partial charge in [-0.25, -0.2) is 13.2 Å². The lowest BCUT2D eigenvalue weighted by atomic mass is 10.0. The Kier molecular flexibility index (Phi) is 6.28. The summed E-state index contributed by atoms with van der Waals surface area (Å²) in [5, 5.41) is 14.4. The van der Waals surface area contributed by atoms with E-state index >= 15 is 0 Å². The van der Waals surface area contributed by atoms with Crippen LogP contribution in [0.4, 0.5) is 4.79 Å². The van der Waals surface area contributed by atoms with Gasteiger partial charge in [-0.15, -0.1) is 0 Å². The van der Waals surface area contributed by atoms with Crippen molar-refractivity contribution in [1.82, 2.24) is 10.6 Å². The molecule has 1 aromatic rings. The molecule has 0 saturated heterocycles. The van der Waals surface area contributed by atoms with E-state index in [0.29, 0.717) is 25.7 Å². The number of nitrogens with one attached hydrogen (secondary N) is 2. The predicted octanol–water partition coefficient (Wildman–Crippen LogP) is 1.73. The first-order chi connectivity index (χ1) is 12.1. The molecule has 1 aromatic carbocycles. The zero-order valence-electron chi connectivity index (χ0n) is 15.1. The van der Waals surface area contributed by atoms with E-state index in [0.717, 1.165) is 5.56 Å². The second-order valence-corrected chi connectivity index (χ2v) is 9.35. The molecule has 0 aliphatic heterocycles. The lowest BCUT2D eigenvalue weighted by Gasteiger charge is -2.25. The summed E-state index contributed by atoms with van der Waals surface area (Å²) in [6, 6.07) is 8.15. The number of aliphatic carboxylic acids is 1.